The van der Waals surface area contributed by atoms with Crippen LogP contribution >= 0.6 is 0 Å². The van der Waals surface area contributed by atoms with Crippen LogP contribution in [0.4, 0.5) is 5.69 Å². The largest absolute Gasteiger partial charge is 0.502 e. The van der Waals surface area contributed by atoms with Crippen molar-refractivity contribution in [3.8, 4) is 17.2 Å². The molecule has 2 aromatic rings. The van der Waals surface area contributed by atoms with E-state index < -0.39 is 0 Å². The third-order valence-electron chi connectivity index (χ3n) is 4.94. The normalized spacial score (nSPS) is 11.3. The number of hydrogen-bond donors (Lipinski definition) is 2. The Labute approximate surface area is 179 Å². The molecule has 0 aromatic heterocycles. The molecule has 0 atom stereocenters. The first-order valence-corrected chi connectivity index (χ1v) is 10.7. The summed E-state index contributed by atoms with van der Waals surface area (Å²) in [5.41, 5.74) is 1.45. The number of amides is 1. The van der Waals surface area contributed by atoms with Gasteiger partial charge < -0.3 is 19.9 Å². The van der Waals surface area contributed by atoms with Gasteiger partial charge in [0.1, 0.15) is 0 Å². The maximum Gasteiger partial charge on any atom is 0.248 e. The summed E-state index contributed by atoms with van der Waals surface area (Å²) in [5.74, 6) is 0.504. The average molecular weight is 412 g/mol. The molecule has 0 fully saturated rings. The zero-order chi connectivity index (χ0) is 21.9. The number of aromatic hydroxyl groups is 1. The van der Waals surface area contributed by atoms with Crippen LogP contribution in [-0.4, -0.2) is 23.2 Å². The molecule has 1 amide bonds. The highest BCUT2D eigenvalue weighted by Gasteiger charge is 2.17. The fourth-order valence-electron chi connectivity index (χ4n) is 3.03. The highest BCUT2D eigenvalue weighted by Crippen LogP contribution is 2.40. The van der Waals surface area contributed by atoms with Gasteiger partial charge in [0, 0.05) is 11.8 Å². The SMILES string of the molecule is CCC(CC)Oc1cc(/C=C/C(=O)Nc2ccccc2)cc(OC(CC)CC)c1O. The van der Waals surface area contributed by atoms with Crippen LogP contribution in [0.15, 0.2) is 48.5 Å². The Balaban J connectivity index is 2.28. The molecule has 0 bridgehead atoms. The predicted molar refractivity (Wildman–Crippen MR) is 122 cm³/mol. The molecular formula is C25H33NO4. The van der Waals surface area contributed by atoms with Crippen molar-refractivity contribution in [2.24, 2.45) is 0 Å². The van der Waals surface area contributed by atoms with E-state index in [-0.39, 0.29) is 23.9 Å². The topological polar surface area (TPSA) is 67.8 Å². The fourth-order valence-corrected chi connectivity index (χ4v) is 3.03. The highest BCUT2D eigenvalue weighted by atomic mass is 16.5. The van der Waals surface area contributed by atoms with Gasteiger partial charge >= 0.3 is 0 Å². The summed E-state index contributed by atoms with van der Waals surface area (Å²) in [5, 5.41) is 13.5. The third-order valence-corrected chi connectivity index (χ3v) is 4.94. The van der Waals surface area contributed by atoms with Gasteiger partial charge in [0.2, 0.25) is 11.7 Å². The van der Waals surface area contributed by atoms with Gasteiger partial charge in [-0.25, -0.2) is 0 Å². The summed E-state index contributed by atoms with van der Waals surface area (Å²) < 4.78 is 12.0. The maximum atomic E-state index is 12.3. The second kappa shape index (κ2) is 11.9. The molecule has 2 N–H and O–H groups in total. The Morgan fingerprint density at radius 3 is 1.90 bits per heavy atom. The summed E-state index contributed by atoms with van der Waals surface area (Å²) in [6.45, 7) is 8.18. The quantitative estimate of drug-likeness (QED) is 0.433. The Morgan fingerprint density at radius 1 is 0.933 bits per heavy atom. The van der Waals surface area contributed by atoms with Gasteiger partial charge in [-0.05, 0) is 61.6 Å². The molecule has 0 heterocycles. The van der Waals surface area contributed by atoms with Gasteiger partial charge in [0.25, 0.3) is 0 Å². The van der Waals surface area contributed by atoms with E-state index in [0.29, 0.717) is 11.5 Å². The molecule has 2 rings (SSSR count). The summed E-state index contributed by atoms with van der Waals surface area (Å²) in [6, 6.07) is 12.7. The number of phenolic OH excluding ortho intramolecular Hbond substituents is 1. The average Bonchev–Trinajstić information content (AvgIpc) is 2.77. The molecule has 30 heavy (non-hydrogen) atoms. The molecule has 0 radical (unpaired) electrons. The van der Waals surface area contributed by atoms with E-state index in [2.05, 4.69) is 5.32 Å². The van der Waals surface area contributed by atoms with Crippen LogP contribution in [-0.2, 0) is 4.79 Å². The van der Waals surface area contributed by atoms with Gasteiger partial charge in [-0.1, -0.05) is 45.9 Å². The lowest BCUT2D eigenvalue weighted by atomic mass is 10.1. The first-order chi connectivity index (χ1) is 14.5. The summed E-state index contributed by atoms with van der Waals surface area (Å²) >= 11 is 0. The van der Waals surface area contributed by atoms with Crippen molar-refractivity contribution in [1.82, 2.24) is 0 Å². The number of carbonyl (C=O) groups excluding carboxylic acids is 1. The van der Waals surface area contributed by atoms with E-state index in [1.807, 2.05) is 58.0 Å². The molecular weight excluding hydrogens is 378 g/mol. The van der Waals surface area contributed by atoms with Crippen LogP contribution in [0, 0.1) is 0 Å². The van der Waals surface area contributed by atoms with Crippen molar-refractivity contribution in [3.05, 3.63) is 54.1 Å². The zero-order valence-electron chi connectivity index (χ0n) is 18.4. The molecule has 0 aliphatic carbocycles. The van der Waals surface area contributed by atoms with Crippen LogP contribution in [0.5, 0.6) is 17.2 Å². The smallest absolute Gasteiger partial charge is 0.248 e. The van der Waals surface area contributed by atoms with Gasteiger partial charge in [-0.3, -0.25) is 4.79 Å². The van der Waals surface area contributed by atoms with Crippen molar-refractivity contribution in [3.63, 3.8) is 0 Å². The maximum absolute atomic E-state index is 12.3. The second-order valence-electron chi connectivity index (χ2n) is 7.17. The lowest BCUT2D eigenvalue weighted by Gasteiger charge is -2.21. The van der Waals surface area contributed by atoms with Crippen LogP contribution in [0.1, 0.15) is 58.9 Å². The number of rotatable bonds is 11. The standard InChI is InChI=1S/C25H33NO4/c1-5-20(6-2)29-22-16-18(17-23(25(22)28)30-21(7-3)8-4)14-15-24(27)26-19-12-10-9-11-13-19/h9-17,20-21,28H,5-8H2,1-4H3,(H,26,27)/b15-14+. The Morgan fingerprint density at radius 2 is 1.43 bits per heavy atom. The number of carbonyl (C=O) groups is 1. The van der Waals surface area contributed by atoms with Crippen molar-refractivity contribution >= 4 is 17.7 Å². The third kappa shape index (κ3) is 6.83. The Bertz CT molecular complexity index is 789. The molecule has 5 heteroatoms. The van der Waals surface area contributed by atoms with Crippen LogP contribution < -0.4 is 14.8 Å². The highest BCUT2D eigenvalue weighted by molar-refractivity contribution is 6.01. The van der Waals surface area contributed by atoms with Gasteiger partial charge in [-0.15, -0.1) is 0 Å². The number of para-hydroxylation sites is 1. The van der Waals surface area contributed by atoms with E-state index in [1.54, 1.807) is 18.2 Å². The first-order valence-electron chi connectivity index (χ1n) is 10.7. The molecule has 2 aromatic carbocycles. The number of anilines is 1. The molecule has 5 nitrogen and oxygen atoms in total. The van der Waals surface area contributed by atoms with E-state index >= 15 is 0 Å². The van der Waals surface area contributed by atoms with Crippen molar-refractivity contribution in [2.75, 3.05) is 5.32 Å². The molecule has 0 unspecified atom stereocenters. The number of ether oxygens (including phenoxy) is 2. The van der Waals surface area contributed by atoms with Crippen molar-refractivity contribution in [2.45, 2.75) is 65.6 Å². The first kappa shape index (κ1) is 23.3. The van der Waals surface area contributed by atoms with Crippen LogP contribution in [0.2, 0.25) is 0 Å². The number of benzene rings is 2. The summed E-state index contributed by atoms with van der Waals surface area (Å²) in [7, 11) is 0. The Kier molecular flexibility index (Phi) is 9.26. The van der Waals surface area contributed by atoms with E-state index in [4.69, 9.17) is 9.47 Å². The zero-order valence-corrected chi connectivity index (χ0v) is 18.4. The van der Waals surface area contributed by atoms with E-state index in [1.165, 1.54) is 6.08 Å². The van der Waals surface area contributed by atoms with E-state index in [9.17, 15) is 9.90 Å². The lowest BCUT2D eigenvalue weighted by molar-refractivity contribution is -0.111. The molecule has 162 valence electrons. The van der Waals surface area contributed by atoms with Gasteiger partial charge in [0.15, 0.2) is 11.5 Å². The second-order valence-corrected chi connectivity index (χ2v) is 7.17. The van der Waals surface area contributed by atoms with Crippen molar-refractivity contribution in [1.29, 1.82) is 0 Å². The minimum Gasteiger partial charge on any atom is -0.502 e. The van der Waals surface area contributed by atoms with Crippen LogP contribution in [0.3, 0.4) is 0 Å². The number of nitrogens with one attached hydrogen (secondary N) is 1. The van der Waals surface area contributed by atoms with Gasteiger partial charge in [0.05, 0.1) is 12.2 Å². The molecule has 0 aliphatic heterocycles. The monoisotopic (exact) mass is 411 g/mol. The molecule has 0 saturated carbocycles. The summed E-state index contributed by atoms with van der Waals surface area (Å²) in [6.07, 6.45) is 6.47. The number of phenols is 1. The number of hydrogen-bond acceptors (Lipinski definition) is 4. The minimum atomic E-state index is -0.237. The van der Waals surface area contributed by atoms with Crippen LogP contribution in [0.25, 0.3) is 6.08 Å². The Hall–Kier alpha value is -2.95. The minimum absolute atomic E-state index is 0.000290. The summed E-state index contributed by atoms with van der Waals surface area (Å²) in [4.78, 5) is 12.3. The molecule has 0 spiro atoms. The fraction of sp³-hybridized carbons (Fsp3) is 0.400. The van der Waals surface area contributed by atoms with Crippen molar-refractivity contribution < 1.29 is 19.4 Å². The van der Waals surface area contributed by atoms with E-state index in [0.717, 1.165) is 36.9 Å². The molecule has 0 aliphatic rings. The molecule has 0 saturated heterocycles. The predicted octanol–water partition coefficient (Wildman–Crippen LogP) is 6.18. The van der Waals surface area contributed by atoms with Gasteiger partial charge in [-0.2, -0.15) is 0 Å². The lowest BCUT2D eigenvalue weighted by Crippen LogP contribution is -2.16.